The number of halogens is 1. The van der Waals surface area contributed by atoms with Crippen LogP contribution in [-0.4, -0.2) is 19.5 Å². The summed E-state index contributed by atoms with van der Waals surface area (Å²) >= 11 is 0. The van der Waals surface area contributed by atoms with E-state index in [1.807, 2.05) is 18.2 Å². The molecule has 4 rings (SSSR count). The van der Waals surface area contributed by atoms with Crippen molar-refractivity contribution in [1.82, 2.24) is 19.5 Å². The molecule has 0 fully saturated rings. The van der Waals surface area contributed by atoms with Gasteiger partial charge in [0.15, 0.2) is 5.82 Å². The summed E-state index contributed by atoms with van der Waals surface area (Å²) in [4.78, 5) is 24.5. The Morgan fingerprint density at radius 3 is 2.70 bits per heavy atom. The van der Waals surface area contributed by atoms with Gasteiger partial charge in [-0.3, -0.25) is 14.8 Å². The lowest BCUT2D eigenvalue weighted by Crippen LogP contribution is -2.21. The first-order valence-corrected chi connectivity index (χ1v) is 7.06. The third-order valence-corrected chi connectivity index (χ3v) is 3.70. The van der Waals surface area contributed by atoms with E-state index in [4.69, 9.17) is 0 Å². The molecule has 4 aromatic rings. The second-order valence-corrected chi connectivity index (χ2v) is 5.17. The number of aromatic nitrogens is 4. The number of rotatable bonds is 2. The second kappa shape index (κ2) is 5.24. The average Bonchev–Trinajstić information content (AvgIpc) is 2.57. The summed E-state index contributed by atoms with van der Waals surface area (Å²) in [5, 5.41) is 0. The highest BCUT2D eigenvalue weighted by Gasteiger charge is 2.09. The second-order valence-electron chi connectivity index (χ2n) is 5.17. The minimum atomic E-state index is -0.444. The van der Waals surface area contributed by atoms with E-state index in [9.17, 15) is 9.18 Å². The lowest BCUT2D eigenvalue weighted by Gasteiger charge is -2.10. The van der Waals surface area contributed by atoms with Crippen molar-refractivity contribution in [2.24, 2.45) is 0 Å². The first kappa shape index (κ1) is 13.5. The fraction of sp³-hybridized carbons (Fsp3) is 0.0588. The fourth-order valence-electron chi connectivity index (χ4n) is 2.61. The summed E-state index contributed by atoms with van der Waals surface area (Å²) in [6.07, 6.45) is 4.40. The van der Waals surface area contributed by atoms with Gasteiger partial charge in [0.25, 0.3) is 5.56 Å². The highest BCUT2D eigenvalue weighted by molar-refractivity contribution is 5.76. The number of para-hydroxylation sites is 1. The zero-order valence-corrected chi connectivity index (χ0v) is 12.0. The molecule has 2 aromatic carbocycles. The molecule has 0 radical (unpaired) electrons. The fourth-order valence-corrected chi connectivity index (χ4v) is 2.61. The Labute approximate surface area is 130 Å². The van der Waals surface area contributed by atoms with E-state index < -0.39 is 5.82 Å². The number of nitrogens with zero attached hydrogens (tertiary/aromatic N) is 4. The Balaban J connectivity index is 1.87. The normalized spacial score (nSPS) is 11.2. The van der Waals surface area contributed by atoms with Gasteiger partial charge in [0.1, 0.15) is 5.52 Å². The Hall–Kier alpha value is -3.15. The van der Waals surface area contributed by atoms with Crippen molar-refractivity contribution in [2.75, 3.05) is 0 Å². The standard InChI is InChI=1S/C17H11FN4O/c18-12-2-1-3-15-17(12)21-9-16(23)22(15)10-11-4-5-13-14(8-11)20-7-6-19-13/h1-9H,10H2. The molecule has 112 valence electrons. The molecule has 0 atom stereocenters. The van der Waals surface area contributed by atoms with E-state index in [2.05, 4.69) is 15.0 Å². The lowest BCUT2D eigenvalue weighted by atomic mass is 10.2. The Morgan fingerprint density at radius 2 is 1.83 bits per heavy atom. The zero-order valence-electron chi connectivity index (χ0n) is 12.0. The third-order valence-electron chi connectivity index (χ3n) is 3.70. The number of benzene rings is 2. The summed E-state index contributed by atoms with van der Waals surface area (Å²) < 4.78 is 15.4. The van der Waals surface area contributed by atoms with Crippen molar-refractivity contribution in [2.45, 2.75) is 6.54 Å². The van der Waals surface area contributed by atoms with Crippen LogP contribution in [0.4, 0.5) is 4.39 Å². The van der Waals surface area contributed by atoms with Crippen LogP contribution in [0.25, 0.3) is 22.1 Å². The molecule has 0 aliphatic rings. The summed E-state index contributed by atoms with van der Waals surface area (Å²) in [6.45, 7) is 0.313. The molecule has 5 nitrogen and oxygen atoms in total. The average molecular weight is 306 g/mol. The molecule has 0 amide bonds. The highest BCUT2D eigenvalue weighted by atomic mass is 19.1. The topological polar surface area (TPSA) is 60.7 Å². The third kappa shape index (κ3) is 2.34. The van der Waals surface area contributed by atoms with Crippen molar-refractivity contribution in [3.05, 3.63) is 76.7 Å². The van der Waals surface area contributed by atoms with Gasteiger partial charge in [-0.1, -0.05) is 12.1 Å². The molecule has 2 aromatic heterocycles. The smallest absolute Gasteiger partial charge is 0.269 e. The van der Waals surface area contributed by atoms with E-state index in [-0.39, 0.29) is 11.1 Å². The maximum atomic E-state index is 13.8. The minimum Gasteiger partial charge on any atom is -0.301 e. The van der Waals surface area contributed by atoms with Gasteiger partial charge in [-0.2, -0.15) is 0 Å². The van der Waals surface area contributed by atoms with E-state index >= 15 is 0 Å². The summed E-state index contributed by atoms with van der Waals surface area (Å²) in [6, 6.07) is 10.2. The molecular formula is C17H11FN4O. The van der Waals surface area contributed by atoms with E-state index in [1.54, 1.807) is 24.5 Å². The molecule has 0 unspecified atom stereocenters. The van der Waals surface area contributed by atoms with Gasteiger partial charge in [-0.15, -0.1) is 0 Å². The lowest BCUT2D eigenvalue weighted by molar-refractivity contribution is 0.634. The van der Waals surface area contributed by atoms with Crippen molar-refractivity contribution in [3.8, 4) is 0 Å². The molecule has 0 saturated heterocycles. The maximum Gasteiger partial charge on any atom is 0.269 e. The van der Waals surface area contributed by atoms with Gasteiger partial charge in [-0.05, 0) is 29.8 Å². The van der Waals surface area contributed by atoms with Crippen LogP contribution in [0.15, 0.2) is 59.8 Å². The van der Waals surface area contributed by atoms with Crippen LogP contribution in [0.3, 0.4) is 0 Å². The van der Waals surface area contributed by atoms with Gasteiger partial charge in [-0.25, -0.2) is 9.37 Å². The van der Waals surface area contributed by atoms with Gasteiger partial charge < -0.3 is 4.57 Å². The van der Waals surface area contributed by atoms with Crippen LogP contribution in [-0.2, 0) is 6.54 Å². The Kier molecular flexibility index (Phi) is 3.08. The molecule has 0 saturated carbocycles. The van der Waals surface area contributed by atoms with Crippen LogP contribution in [0.1, 0.15) is 5.56 Å². The van der Waals surface area contributed by atoms with E-state index in [1.165, 1.54) is 10.6 Å². The highest BCUT2D eigenvalue weighted by Crippen LogP contribution is 2.16. The zero-order chi connectivity index (χ0) is 15.8. The molecule has 6 heteroatoms. The largest absolute Gasteiger partial charge is 0.301 e. The van der Waals surface area contributed by atoms with Crippen LogP contribution in [0.5, 0.6) is 0 Å². The molecule has 23 heavy (non-hydrogen) atoms. The van der Waals surface area contributed by atoms with Gasteiger partial charge >= 0.3 is 0 Å². The van der Waals surface area contributed by atoms with Gasteiger partial charge in [0.05, 0.1) is 29.3 Å². The molecule has 0 spiro atoms. The first-order chi connectivity index (χ1) is 11.2. The van der Waals surface area contributed by atoms with Crippen molar-refractivity contribution in [1.29, 1.82) is 0 Å². The summed E-state index contributed by atoms with van der Waals surface area (Å²) in [7, 11) is 0. The maximum absolute atomic E-state index is 13.8. The van der Waals surface area contributed by atoms with Crippen molar-refractivity contribution in [3.63, 3.8) is 0 Å². The quantitative estimate of drug-likeness (QED) is 0.571. The van der Waals surface area contributed by atoms with Gasteiger partial charge in [0, 0.05) is 12.4 Å². The van der Waals surface area contributed by atoms with Gasteiger partial charge in [0.2, 0.25) is 0 Å². The van der Waals surface area contributed by atoms with Crippen molar-refractivity contribution < 1.29 is 4.39 Å². The summed E-state index contributed by atoms with van der Waals surface area (Å²) in [5.41, 5.74) is 2.81. The molecule has 0 N–H and O–H groups in total. The minimum absolute atomic E-state index is 0.188. The molecular weight excluding hydrogens is 295 g/mol. The number of fused-ring (bicyclic) bond motifs is 2. The number of hydrogen-bond acceptors (Lipinski definition) is 4. The summed E-state index contributed by atoms with van der Waals surface area (Å²) in [5.74, 6) is -0.444. The van der Waals surface area contributed by atoms with Crippen molar-refractivity contribution >= 4 is 22.1 Å². The Bertz CT molecular complexity index is 1090. The predicted octanol–water partition coefficient (Wildman–Crippen LogP) is 2.53. The van der Waals surface area contributed by atoms with E-state index in [0.29, 0.717) is 12.1 Å². The number of hydrogen-bond donors (Lipinski definition) is 0. The SMILES string of the molecule is O=c1cnc2c(F)cccc2n1Cc1ccc2nccnc2c1. The predicted molar refractivity (Wildman–Crippen MR) is 84.6 cm³/mol. The first-order valence-electron chi connectivity index (χ1n) is 7.06. The van der Waals surface area contributed by atoms with Crippen LogP contribution in [0.2, 0.25) is 0 Å². The monoisotopic (exact) mass is 306 g/mol. The molecule has 0 aliphatic carbocycles. The Morgan fingerprint density at radius 1 is 1.00 bits per heavy atom. The van der Waals surface area contributed by atoms with Crippen LogP contribution in [0, 0.1) is 5.82 Å². The molecule has 0 aliphatic heterocycles. The van der Waals surface area contributed by atoms with Crippen LogP contribution >= 0.6 is 0 Å². The van der Waals surface area contributed by atoms with E-state index in [0.717, 1.165) is 22.8 Å². The molecule has 0 bridgehead atoms. The molecule has 2 heterocycles. The van der Waals surface area contributed by atoms with Crippen LogP contribution < -0.4 is 5.56 Å².